The Balaban J connectivity index is 3.43. The molecule has 0 aliphatic heterocycles. The van der Waals surface area contributed by atoms with Gasteiger partial charge in [0.1, 0.15) is 0 Å². The van der Waals surface area contributed by atoms with E-state index in [0.717, 1.165) is 0 Å². The maximum Gasteiger partial charge on any atom is 0.268 e. The minimum atomic E-state index is -0.178. The van der Waals surface area contributed by atoms with Gasteiger partial charge in [0.2, 0.25) is 0 Å². The number of aromatic nitrogens is 2. The van der Waals surface area contributed by atoms with Crippen LogP contribution in [0.5, 0.6) is 0 Å². The first kappa shape index (κ1) is 6.80. The van der Waals surface area contributed by atoms with Crippen LogP contribution in [0.4, 0.5) is 5.69 Å². The summed E-state index contributed by atoms with van der Waals surface area (Å²) in [6, 6.07) is 1.36. The van der Waals surface area contributed by atoms with Gasteiger partial charge in [0, 0.05) is 13.1 Å². The van der Waals surface area contributed by atoms with Gasteiger partial charge in [-0.3, -0.25) is 4.79 Å². The lowest BCUT2D eigenvalue weighted by Gasteiger charge is -1.99. The smallest absolute Gasteiger partial charge is 0.268 e. The average molecular weight is 139 g/mol. The largest absolute Gasteiger partial charge is 0.397 e. The molecule has 1 aromatic rings. The normalized spacial score (nSPS) is 9.80. The Hall–Kier alpha value is -1.32. The van der Waals surface area contributed by atoms with Gasteiger partial charge in [0.25, 0.3) is 5.56 Å². The Labute approximate surface area is 58.3 Å². The van der Waals surface area contributed by atoms with Gasteiger partial charge in [0.15, 0.2) is 0 Å². The molecule has 2 N–H and O–H groups in total. The van der Waals surface area contributed by atoms with Gasteiger partial charge in [-0.25, -0.2) is 4.68 Å². The van der Waals surface area contributed by atoms with Gasteiger partial charge in [-0.05, 0) is 6.92 Å². The maximum atomic E-state index is 10.8. The monoisotopic (exact) mass is 139 g/mol. The molecular formula is C6H9N3O. The summed E-state index contributed by atoms with van der Waals surface area (Å²) in [6.07, 6.45) is 0. The van der Waals surface area contributed by atoms with E-state index in [4.69, 9.17) is 5.73 Å². The van der Waals surface area contributed by atoms with E-state index in [9.17, 15) is 4.79 Å². The zero-order valence-corrected chi connectivity index (χ0v) is 5.96. The highest BCUT2D eigenvalue weighted by atomic mass is 16.1. The lowest BCUT2D eigenvalue weighted by atomic mass is 10.4. The highest BCUT2D eigenvalue weighted by Gasteiger charge is 1.96. The summed E-state index contributed by atoms with van der Waals surface area (Å²) in [5, 5.41) is 3.85. The molecule has 54 valence electrons. The lowest BCUT2D eigenvalue weighted by Crippen LogP contribution is -2.20. The van der Waals surface area contributed by atoms with Crippen LogP contribution in [0.3, 0.4) is 0 Å². The molecule has 0 aromatic carbocycles. The van der Waals surface area contributed by atoms with E-state index in [1.54, 1.807) is 14.0 Å². The number of nitrogens with zero attached hydrogens (tertiary/aromatic N) is 2. The third kappa shape index (κ3) is 1.00. The Morgan fingerprint density at radius 1 is 1.70 bits per heavy atom. The number of nitrogens with two attached hydrogens (primary N) is 1. The maximum absolute atomic E-state index is 10.8. The zero-order valence-electron chi connectivity index (χ0n) is 5.96. The Kier molecular flexibility index (Phi) is 1.45. The molecule has 0 spiro atoms. The first-order valence-corrected chi connectivity index (χ1v) is 2.91. The van der Waals surface area contributed by atoms with Crippen LogP contribution in [0, 0.1) is 6.92 Å². The van der Waals surface area contributed by atoms with Crippen molar-refractivity contribution >= 4 is 5.69 Å². The second-order valence-electron chi connectivity index (χ2n) is 2.15. The summed E-state index contributed by atoms with van der Waals surface area (Å²) in [6.45, 7) is 1.76. The van der Waals surface area contributed by atoms with Crippen LogP contribution in [-0.2, 0) is 7.05 Å². The fourth-order valence-electron chi connectivity index (χ4n) is 0.663. The molecule has 0 radical (unpaired) electrons. The summed E-state index contributed by atoms with van der Waals surface area (Å²) in [5.74, 6) is 0. The predicted molar refractivity (Wildman–Crippen MR) is 38.6 cm³/mol. The van der Waals surface area contributed by atoms with Gasteiger partial charge < -0.3 is 5.73 Å². The molecular weight excluding hydrogens is 130 g/mol. The summed E-state index contributed by atoms with van der Waals surface area (Å²) < 4.78 is 1.26. The van der Waals surface area contributed by atoms with E-state index >= 15 is 0 Å². The van der Waals surface area contributed by atoms with Crippen molar-refractivity contribution in [2.75, 3.05) is 5.73 Å². The van der Waals surface area contributed by atoms with Crippen LogP contribution in [0.25, 0.3) is 0 Å². The Morgan fingerprint density at radius 2 is 2.30 bits per heavy atom. The number of aryl methyl sites for hydroxylation is 2. The molecule has 1 rings (SSSR count). The van der Waals surface area contributed by atoms with Gasteiger partial charge in [-0.2, -0.15) is 5.10 Å². The number of nitrogen functional groups attached to an aromatic ring is 1. The van der Waals surface area contributed by atoms with E-state index in [-0.39, 0.29) is 5.56 Å². The van der Waals surface area contributed by atoms with Crippen LogP contribution in [0.1, 0.15) is 5.69 Å². The summed E-state index contributed by atoms with van der Waals surface area (Å²) >= 11 is 0. The average Bonchev–Trinajstić information content (AvgIpc) is 1.84. The van der Waals surface area contributed by atoms with Crippen LogP contribution < -0.4 is 11.3 Å². The summed E-state index contributed by atoms with van der Waals surface area (Å²) in [4.78, 5) is 10.8. The molecule has 1 aromatic heterocycles. The lowest BCUT2D eigenvalue weighted by molar-refractivity contribution is 0.695. The Morgan fingerprint density at radius 3 is 2.80 bits per heavy atom. The fraction of sp³-hybridized carbons (Fsp3) is 0.333. The molecule has 0 aliphatic carbocycles. The van der Waals surface area contributed by atoms with Crippen molar-refractivity contribution in [3.8, 4) is 0 Å². The number of hydrogen-bond donors (Lipinski definition) is 1. The molecule has 0 aliphatic rings. The van der Waals surface area contributed by atoms with E-state index in [1.165, 1.54) is 10.7 Å². The van der Waals surface area contributed by atoms with Crippen molar-refractivity contribution in [1.29, 1.82) is 0 Å². The number of anilines is 1. The first-order chi connectivity index (χ1) is 4.61. The van der Waals surface area contributed by atoms with Gasteiger partial charge in [-0.15, -0.1) is 0 Å². The minimum absolute atomic E-state index is 0.178. The highest BCUT2D eigenvalue weighted by molar-refractivity contribution is 5.39. The number of hydrogen-bond acceptors (Lipinski definition) is 3. The third-order valence-corrected chi connectivity index (χ3v) is 1.32. The van der Waals surface area contributed by atoms with E-state index < -0.39 is 0 Å². The van der Waals surface area contributed by atoms with E-state index in [2.05, 4.69) is 5.10 Å². The molecule has 0 saturated carbocycles. The highest BCUT2D eigenvalue weighted by Crippen LogP contribution is 1.99. The molecule has 4 nitrogen and oxygen atoms in total. The first-order valence-electron chi connectivity index (χ1n) is 2.91. The van der Waals surface area contributed by atoms with Crippen LogP contribution in [-0.4, -0.2) is 9.78 Å². The van der Waals surface area contributed by atoms with Crippen molar-refractivity contribution in [3.63, 3.8) is 0 Å². The van der Waals surface area contributed by atoms with Crippen LogP contribution in [0.2, 0.25) is 0 Å². The molecule has 0 amide bonds. The molecule has 0 unspecified atom stereocenters. The summed E-state index contributed by atoms with van der Waals surface area (Å²) in [7, 11) is 1.59. The van der Waals surface area contributed by atoms with Crippen molar-refractivity contribution in [1.82, 2.24) is 9.78 Å². The predicted octanol–water partition coefficient (Wildman–Crippen LogP) is -0.329. The second kappa shape index (κ2) is 2.13. The Bertz CT molecular complexity index is 302. The van der Waals surface area contributed by atoms with E-state index in [1.807, 2.05) is 0 Å². The molecule has 1 heterocycles. The minimum Gasteiger partial charge on any atom is -0.397 e. The van der Waals surface area contributed by atoms with Gasteiger partial charge >= 0.3 is 0 Å². The SMILES string of the molecule is Cc1nn(C)c(=O)cc1N. The third-order valence-electron chi connectivity index (χ3n) is 1.32. The standard InChI is InChI=1S/C6H9N3O/c1-4-5(7)3-6(10)9(2)8-4/h3H,7H2,1-2H3. The topological polar surface area (TPSA) is 60.9 Å². The van der Waals surface area contributed by atoms with Crippen LogP contribution in [0.15, 0.2) is 10.9 Å². The van der Waals surface area contributed by atoms with Crippen molar-refractivity contribution < 1.29 is 0 Å². The fourth-order valence-corrected chi connectivity index (χ4v) is 0.663. The second-order valence-corrected chi connectivity index (χ2v) is 2.15. The molecule has 10 heavy (non-hydrogen) atoms. The molecule has 0 fully saturated rings. The van der Waals surface area contributed by atoms with Crippen molar-refractivity contribution in [2.24, 2.45) is 7.05 Å². The zero-order chi connectivity index (χ0) is 7.72. The van der Waals surface area contributed by atoms with Crippen LogP contribution >= 0.6 is 0 Å². The number of rotatable bonds is 0. The summed E-state index contributed by atoms with van der Waals surface area (Å²) in [5.41, 5.74) is 6.37. The molecule has 0 atom stereocenters. The van der Waals surface area contributed by atoms with E-state index in [0.29, 0.717) is 11.4 Å². The molecule has 4 heteroatoms. The molecule has 0 bridgehead atoms. The molecule has 0 saturated heterocycles. The quantitative estimate of drug-likeness (QED) is 0.535. The van der Waals surface area contributed by atoms with Gasteiger partial charge in [-0.1, -0.05) is 0 Å². The van der Waals surface area contributed by atoms with Crippen molar-refractivity contribution in [2.45, 2.75) is 6.92 Å². The van der Waals surface area contributed by atoms with Gasteiger partial charge in [0.05, 0.1) is 11.4 Å². The van der Waals surface area contributed by atoms with Crippen molar-refractivity contribution in [3.05, 3.63) is 22.1 Å².